The van der Waals surface area contributed by atoms with E-state index in [1.807, 2.05) is 0 Å². The highest BCUT2D eigenvalue weighted by Gasteiger charge is 2.30. The molecule has 0 aliphatic carbocycles. The molecule has 1 aliphatic heterocycles. The van der Waals surface area contributed by atoms with Crippen molar-refractivity contribution in [3.05, 3.63) is 0 Å². The Morgan fingerprint density at radius 1 is 1.13 bits per heavy atom. The predicted octanol–water partition coefficient (Wildman–Crippen LogP) is 3.40. The van der Waals surface area contributed by atoms with Crippen molar-refractivity contribution in [2.24, 2.45) is 5.92 Å². The molecule has 1 aliphatic rings. The van der Waals surface area contributed by atoms with Crippen LogP contribution in [0.1, 0.15) is 53.4 Å². The minimum atomic E-state index is 0.321. The van der Waals surface area contributed by atoms with Crippen molar-refractivity contribution < 1.29 is 9.47 Å². The van der Waals surface area contributed by atoms with E-state index in [1.54, 1.807) is 0 Å². The van der Waals surface area contributed by atoms with Gasteiger partial charge in [-0.1, -0.05) is 34.1 Å². The molecule has 0 spiro atoms. The molecule has 15 heavy (non-hydrogen) atoms. The Hall–Kier alpha value is -0.0800. The van der Waals surface area contributed by atoms with Crippen LogP contribution in [0.3, 0.4) is 0 Å². The second-order valence-electron chi connectivity index (χ2n) is 4.73. The first-order valence-electron chi connectivity index (χ1n) is 6.48. The first kappa shape index (κ1) is 13.0. The van der Waals surface area contributed by atoms with Gasteiger partial charge in [0.2, 0.25) is 0 Å². The zero-order chi connectivity index (χ0) is 11.3. The summed E-state index contributed by atoms with van der Waals surface area (Å²) in [5.74, 6) is 0.739. The summed E-state index contributed by atoms with van der Waals surface area (Å²) >= 11 is 0. The summed E-state index contributed by atoms with van der Waals surface area (Å²) in [6.07, 6.45) is 5.47. The Morgan fingerprint density at radius 2 is 1.87 bits per heavy atom. The first-order valence-corrected chi connectivity index (χ1v) is 6.48. The van der Waals surface area contributed by atoms with Crippen LogP contribution in [-0.2, 0) is 9.47 Å². The van der Waals surface area contributed by atoms with Gasteiger partial charge in [-0.05, 0) is 25.2 Å². The second-order valence-corrected chi connectivity index (χ2v) is 4.73. The second kappa shape index (κ2) is 6.49. The molecule has 0 amide bonds. The quantitative estimate of drug-likeness (QED) is 0.698. The molecule has 0 bridgehead atoms. The maximum Gasteiger partial charge on any atom is 0.0844 e. The zero-order valence-electron chi connectivity index (χ0n) is 10.7. The smallest absolute Gasteiger partial charge is 0.0844 e. The van der Waals surface area contributed by atoms with E-state index in [-0.39, 0.29) is 0 Å². The van der Waals surface area contributed by atoms with Crippen molar-refractivity contribution in [3.63, 3.8) is 0 Å². The lowest BCUT2D eigenvalue weighted by atomic mass is 9.95. The number of rotatable bonds is 5. The van der Waals surface area contributed by atoms with E-state index >= 15 is 0 Å². The molecular formula is C13H26O2. The molecule has 0 aromatic carbocycles. The van der Waals surface area contributed by atoms with Gasteiger partial charge in [-0.15, -0.1) is 0 Å². The molecule has 0 aromatic heterocycles. The normalized spacial score (nSPS) is 34.0. The molecule has 4 unspecified atom stereocenters. The van der Waals surface area contributed by atoms with Crippen molar-refractivity contribution in [2.45, 2.75) is 71.7 Å². The Bertz CT molecular complexity index is 168. The van der Waals surface area contributed by atoms with Gasteiger partial charge in [-0.25, -0.2) is 0 Å². The van der Waals surface area contributed by atoms with E-state index in [2.05, 4.69) is 27.7 Å². The molecule has 0 radical (unpaired) electrons. The molecule has 0 aromatic rings. The Labute approximate surface area is 94.3 Å². The van der Waals surface area contributed by atoms with Crippen LogP contribution >= 0.6 is 0 Å². The highest BCUT2D eigenvalue weighted by molar-refractivity contribution is 4.78. The number of hydrogen-bond acceptors (Lipinski definition) is 2. The van der Waals surface area contributed by atoms with Crippen molar-refractivity contribution in [3.8, 4) is 0 Å². The zero-order valence-corrected chi connectivity index (χ0v) is 10.7. The third-order valence-electron chi connectivity index (χ3n) is 3.47. The molecular weight excluding hydrogens is 188 g/mol. The average Bonchev–Trinajstić information content (AvgIpc) is 2.28. The van der Waals surface area contributed by atoms with Crippen LogP contribution in [-0.4, -0.2) is 24.9 Å². The van der Waals surface area contributed by atoms with Crippen LogP contribution < -0.4 is 0 Å². The predicted molar refractivity (Wildman–Crippen MR) is 63.1 cm³/mol. The van der Waals surface area contributed by atoms with Gasteiger partial charge < -0.3 is 9.47 Å². The maximum absolute atomic E-state index is 6.09. The van der Waals surface area contributed by atoms with Gasteiger partial charge in [-0.3, -0.25) is 0 Å². The third-order valence-corrected chi connectivity index (χ3v) is 3.47. The van der Waals surface area contributed by atoms with Gasteiger partial charge in [0.05, 0.1) is 24.9 Å². The molecule has 1 heterocycles. The largest absolute Gasteiger partial charge is 0.373 e. The molecule has 1 rings (SSSR count). The maximum atomic E-state index is 6.09. The van der Waals surface area contributed by atoms with Crippen LogP contribution in [0.2, 0.25) is 0 Å². The van der Waals surface area contributed by atoms with Crippen LogP contribution in [0.15, 0.2) is 0 Å². The Kier molecular flexibility index (Phi) is 5.62. The topological polar surface area (TPSA) is 18.5 Å². The SMILES string of the molecule is CCC(C)CC1OC(CC)COC1CC. The van der Waals surface area contributed by atoms with E-state index in [9.17, 15) is 0 Å². The lowest BCUT2D eigenvalue weighted by molar-refractivity contribution is -0.186. The van der Waals surface area contributed by atoms with Gasteiger partial charge in [-0.2, -0.15) is 0 Å². The first-order chi connectivity index (χ1) is 7.21. The Morgan fingerprint density at radius 3 is 2.40 bits per heavy atom. The third kappa shape index (κ3) is 3.76. The van der Waals surface area contributed by atoms with Crippen LogP contribution in [0, 0.1) is 5.92 Å². The minimum Gasteiger partial charge on any atom is -0.373 e. The van der Waals surface area contributed by atoms with Crippen molar-refractivity contribution in [2.75, 3.05) is 6.61 Å². The molecule has 4 atom stereocenters. The average molecular weight is 214 g/mol. The summed E-state index contributed by atoms with van der Waals surface area (Å²) in [6.45, 7) is 9.68. The van der Waals surface area contributed by atoms with E-state index < -0.39 is 0 Å². The lowest BCUT2D eigenvalue weighted by Crippen LogP contribution is -2.43. The molecule has 1 saturated heterocycles. The highest BCUT2D eigenvalue weighted by Crippen LogP contribution is 2.25. The van der Waals surface area contributed by atoms with Crippen molar-refractivity contribution in [1.29, 1.82) is 0 Å². The monoisotopic (exact) mass is 214 g/mol. The molecule has 1 fully saturated rings. The standard InChI is InChI=1S/C13H26O2/c1-5-10(4)8-13-12(7-3)14-9-11(6-2)15-13/h10-13H,5-9H2,1-4H3. The summed E-state index contributed by atoms with van der Waals surface area (Å²) < 4.78 is 12.0. The van der Waals surface area contributed by atoms with Crippen molar-refractivity contribution in [1.82, 2.24) is 0 Å². The fourth-order valence-electron chi connectivity index (χ4n) is 2.08. The van der Waals surface area contributed by atoms with E-state index in [0.717, 1.165) is 31.8 Å². The van der Waals surface area contributed by atoms with Gasteiger partial charge >= 0.3 is 0 Å². The summed E-state index contributed by atoms with van der Waals surface area (Å²) in [6, 6.07) is 0. The fourth-order valence-corrected chi connectivity index (χ4v) is 2.08. The lowest BCUT2D eigenvalue weighted by Gasteiger charge is -2.37. The highest BCUT2D eigenvalue weighted by atomic mass is 16.6. The van der Waals surface area contributed by atoms with E-state index in [1.165, 1.54) is 6.42 Å². The molecule has 2 heteroatoms. The minimum absolute atomic E-state index is 0.321. The number of hydrogen-bond donors (Lipinski definition) is 0. The van der Waals surface area contributed by atoms with Crippen LogP contribution in [0.4, 0.5) is 0 Å². The van der Waals surface area contributed by atoms with E-state index in [4.69, 9.17) is 9.47 Å². The van der Waals surface area contributed by atoms with Crippen molar-refractivity contribution >= 4 is 0 Å². The summed E-state index contributed by atoms with van der Waals surface area (Å²) in [4.78, 5) is 0. The molecule has 2 nitrogen and oxygen atoms in total. The van der Waals surface area contributed by atoms with Gasteiger partial charge in [0.1, 0.15) is 0 Å². The summed E-state index contributed by atoms with van der Waals surface area (Å²) in [5, 5.41) is 0. The summed E-state index contributed by atoms with van der Waals surface area (Å²) in [7, 11) is 0. The Balaban J connectivity index is 2.47. The van der Waals surface area contributed by atoms with E-state index in [0.29, 0.717) is 18.3 Å². The van der Waals surface area contributed by atoms with Crippen LogP contribution in [0.5, 0.6) is 0 Å². The number of ether oxygens (including phenoxy) is 2. The fraction of sp³-hybridized carbons (Fsp3) is 1.00. The molecule has 90 valence electrons. The molecule has 0 N–H and O–H groups in total. The molecule has 0 saturated carbocycles. The van der Waals surface area contributed by atoms with Gasteiger partial charge in [0.15, 0.2) is 0 Å². The summed E-state index contributed by atoms with van der Waals surface area (Å²) in [5.41, 5.74) is 0. The van der Waals surface area contributed by atoms with Crippen LogP contribution in [0.25, 0.3) is 0 Å². The van der Waals surface area contributed by atoms with Gasteiger partial charge in [0, 0.05) is 0 Å². The van der Waals surface area contributed by atoms with Gasteiger partial charge in [0.25, 0.3) is 0 Å².